The van der Waals surface area contributed by atoms with Crippen molar-refractivity contribution in [3.05, 3.63) is 106 Å². The molecule has 0 radical (unpaired) electrons. The molecule has 0 aliphatic heterocycles. The topological polar surface area (TPSA) is 124 Å². The quantitative estimate of drug-likeness (QED) is 0.147. The molecule has 8 nitrogen and oxygen atoms in total. The number of hydrogen-bond donors (Lipinski definition) is 3. The van der Waals surface area contributed by atoms with Crippen LogP contribution in [0.1, 0.15) is 51.9 Å². The number of furan rings is 1. The van der Waals surface area contributed by atoms with E-state index in [0.29, 0.717) is 27.6 Å². The fraction of sp³-hybridized carbons (Fsp3) is 0.188. The number of thioether (sulfide) groups is 1. The maximum absolute atomic E-state index is 13.3. The molecule has 1 unspecified atom stereocenters. The van der Waals surface area contributed by atoms with Gasteiger partial charge < -0.3 is 20.4 Å². The van der Waals surface area contributed by atoms with E-state index in [-0.39, 0.29) is 11.6 Å². The largest absolute Gasteiger partial charge is 0.465 e. The van der Waals surface area contributed by atoms with Gasteiger partial charge in [-0.05, 0) is 80.6 Å². The Morgan fingerprint density at radius 3 is 2.60 bits per heavy atom. The fourth-order valence-corrected chi connectivity index (χ4v) is 6.72. The molecule has 1 atom stereocenters. The van der Waals surface area contributed by atoms with Crippen LogP contribution < -0.4 is 16.0 Å². The summed E-state index contributed by atoms with van der Waals surface area (Å²) in [4.78, 5) is 41.1. The number of anilines is 2. The fourth-order valence-electron chi connectivity index (χ4n) is 4.55. The van der Waals surface area contributed by atoms with Crippen LogP contribution in [0.5, 0.6) is 0 Å². The van der Waals surface area contributed by atoms with Crippen LogP contribution in [0.4, 0.5) is 10.7 Å². The highest BCUT2D eigenvalue weighted by atomic mass is 32.2. The van der Waals surface area contributed by atoms with Crippen molar-refractivity contribution in [1.82, 2.24) is 5.32 Å². The molecule has 3 N–H and O–H groups in total. The van der Waals surface area contributed by atoms with Crippen LogP contribution in [-0.2, 0) is 22.4 Å². The molecule has 0 bridgehead atoms. The van der Waals surface area contributed by atoms with Gasteiger partial charge in [-0.2, -0.15) is 5.26 Å². The predicted octanol–water partition coefficient (Wildman–Crippen LogP) is 6.62. The van der Waals surface area contributed by atoms with Gasteiger partial charge in [0.05, 0.1) is 17.1 Å². The van der Waals surface area contributed by atoms with Gasteiger partial charge in [0.15, 0.2) is 0 Å². The van der Waals surface area contributed by atoms with Crippen molar-refractivity contribution >= 4 is 57.6 Å². The Balaban J connectivity index is 1.26. The van der Waals surface area contributed by atoms with Gasteiger partial charge >= 0.3 is 0 Å². The molecule has 212 valence electrons. The average molecular weight is 597 g/mol. The van der Waals surface area contributed by atoms with Crippen LogP contribution >= 0.6 is 23.1 Å². The molecule has 3 amide bonds. The summed E-state index contributed by atoms with van der Waals surface area (Å²) in [6.07, 6.45) is 6.92. The van der Waals surface area contributed by atoms with Crippen molar-refractivity contribution in [2.75, 3.05) is 10.6 Å². The number of benzene rings is 2. The van der Waals surface area contributed by atoms with Crippen LogP contribution in [0, 0.1) is 11.3 Å². The first-order valence-corrected chi connectivity index (χ1v) is 15.2. The van der Waals surface area contributed by atoms with Crippen molar-refractivity contribution < 1.29 is 18.8 Å². The molecule has 2 aromatic carbocycles. The SMILES string of the molecule is CC(Sc1cccc(NC(=O)/C(=C/c2ccco2)NC(=O)c2ccccc2)c1)C(=O)Nc1sc2c(c1C#N)CCCC2. The number of nitrogens with zero attached hydrogens (tertiary/aromatic N) is 1. The summed E-state index contributed by atoms with van der Waals surface area (Å²) < 4.78 is 5.35. The Hall–Kier alpha value is -4.59. The third-order valence-electron chi connectivity index (χ3n) is 6.65. The van der Waals surface area contributed by atoms with Gasteiger partial charge in [-0.25, -0.2) is 0 Å². The second kappa shape index (κ2) is 13.4. The Kier molecular flexibility index (Phi) is 9.21. The number of amides is 3. The normalized spacial score (nSPS) is 13.4. The first-order chi connectivity index (χ1) is 20.4. The zero-order valence-corrected chi connectivity index (χ0v) is 24.4. The lowest BCUT2D eigenvalue weighted by Crippen LogP contribution is -2.30. The molecule has 42 heavy (non-hydrogen) atoms. The molecular weight excluding hydrogens is 569 g/mol. The van der Waals surface area contributed by atoms with E-state index in [2.05, 4.69) is 22.0 Å². The van der Waals surface area contributed by atoms with Gasteiger partial charge in [0, 0.05) is 27.1 Å². The Morgan fingerprint density at radius 2 is 1.83 bits per heavy atom. The molecule has 2 heterocycles. The van der Waals surface area contributed by atoms with Crippen molar-refractivity contribution in [3.63, 3.8) is 0 Å². The Bertz CT molecular complexity index is 1670. The lowest BCUT2D eigenvalue weighted by Gasteiger charge is -2.14. The summed E-state index contributed by atoms with van der Waals surface area (Å²) in [6, 6.07) is 21.4. The average Bonchev–Trinajstić information content (AvgIpc) is 3.64. The molecule has 2 aromatic heterocycles. The zero-order chi connectivity index (χ0) is 29.5. The number of thiophene rings is 1. The van der Waals surface area contributed by atoms with Crippen molar-refractivity contribution in [1.29, 1.82) is 5.26 Å². The maximum Gasteiger partial charge on any atom is 0.272 e. The van der Waals surface area contributed by atoms with Crippen LogP contribution in [0.2, 0.25) is 0 Å². The number of hydrogen-bond acceptors (Lipinski definition) is 7. The van der Waals surface area contributed by atoms with Gasteiger partial charge in [-0.15, -0.1) is 23.1 Å². The minimum absolute atomic E-state index is 0.0107. The highest BCUT2D eigenvalue weighted by Gasteiger charge is 2.24. The first kappa shape index (κ1) is 28.9. The Labute approximate surface area is 251 Å². The highest BCUT2D eigenvalue weighted by molar-refractivity contribution is 8.00. The summed E-state index contributed by atoms with van der Waals surface area (Å²) in [5, 5.41) is 18.3. The van der Waals surface area contributed by atoms with E-state index < -0.39 is 17.1 Å². The van der Waals surface area contributed by atoms with Gasteiger partial charge in [0.25, 0.3) is 11.8 Å². The lowest BCUT2D eigenvalue weighted by atomic mass is 9.96. The molecule has 0 saturated carbocycles. The number of carbonyl (C=O) groups is 3. The van der Waals surface area contributed by atoms with E-state index in [4.69, 9.17) is 4.42 Å². The van der Waals surface area contributed by atoms with Gasteiger partial charge in [0.1, 0.15) is 22.5 Å². The summed E-state index contributed by atoms with van der Waals surface area (Å²) in [7, 11) is 0. The lowest BCUT2D eigenvalue weighted by molar-refractivity contribution is -0.115. The van der Waals surface area contributed by atoms with E-state index >= 15 is 0 Å². The van der Waals surface area contributed by atoms with Crippen molar-refractivity contribution in [3.8, 4) is 6.07 Å². The van der Waals surface area contributed by atoms with E-state index in [1.807, 2.05) is 6.07 Å². The molecule has 1 aliphatic rings. The Morgan fingerprint density at radius 1 is 1.02 bits per heavy atom. The molecule has 10 heteroatoms. The summed E-state index contributed by atoms with van der Waals surface area (Å²) >= 11 is 2.84. The van der Waals surface area contributed by atoms with E-state index in [1.54, 1.807) is 67.6 Å². The van der Waals surface area contributed by atoms with Crippen LogP contribution in [0.15, 0.2) is 88.0 Å². The standard InChI is InChI=1S/C32H28N4O4S2/c1-20(29(37)36-32-26(19-33)25-14-5-6-15-28(25)42-32)41-24-13-7-11-22(17-24)34-31(39)27(18-23-12-8-16-40-23)35-30(38)21-9-3-2-4-10-21/h2-4,7-13,16-18,20H,5-6,14-15H2,1H3,(H,34,39)(H,35,38)(H,36,37)/b27-18-. The number of rotatable bonds is 9. The molecule has 0 saturated heterocycles. The van der Waals surface area contributed by atoms with Crippen LogP contribution in [-0.4, -0.2) is 23.0 Å². The molecule has 0 spiro atoms. The minimum atomic E-state index is -0.533. The molecule has 5 rings (SSSR count). The van der Waals surface area contributed by atoms with Gasteiger partial charge in [-0.3, -0.25) is 14.4 Å². The predicted molar refractivity (Wildman–Crippen MR) is 165 cm³/mol. The molecular formula is C32H28N4O4S2. The molecule has 1 aliphatic carbocycles. The van der Waals surface area contributed by atoms with E-state index in [9.17, 15) is 19.6 Å². The van der Waals surface area contributed by atoms with Gasteiger partial charge in [0.2, 0.25) is 5.91 Å². The monoisotopic (exact) mass is 596 g/mol. The summed E-state index contributed by atoms with van der Waals surface area (Å²) in [5.41, 5.74) is 2.58. The number of carbonyl (C=O) groups excluding carboxylic acids is 3. The van der Waals surface area contributed by atoms with Crippen LogP contribution in [0.3, 0.4) is 0 Å². The second-order valence-corrected chi connectivity index (χ2v) is 12.2. The highest BCUT2D eigenvalue weighted by Crippen LogP contribution is 2.38. The summed E-state index contributed by atoms with van der Waals surface area (Å²) in [6.45, 7) is 1.80. The number of fused-ring (bicyclic) bond motifs is 1. The van der Waals surface area contributed by atoms with Crippen molar-refractivity contribution in [2.24, 2.45) is 0 Å². The van der Waals surface area contributed by atoms with Gasteiger partial charge in [-0.1, -0.05) is 24.3 Å². The van der Waals surface area contributed by atoms with E-state index in [1.165, 1.54) is 40.3 Å². The number of aryl methyl sites for hydroxylation is 1. The number of nitrogens with one attached hydrogen (secondary N) is 3. The third kappa shape index (κ3) is 7.00. The smallest absolute Gasteiger partial charge is 0.272 e. The zero-order valence-electron chi connectivity index (χ0n) is 22.8. The summed E-state index contributed by atoms with van der Waals surface area (Å²) in [5.74, 6) is -0.756. The third-order valence-corrected chi connectivity index (χ3v) is 8.95. The first-order valence-electron chi connectivity index (χ1n) is 13.5. The van der Waals surface area contributed by atoms with Crippen molar-refractivity contribution in [2.45, 2.75) is 42.8 Å². The second-order valence-electron chi connectivity index (χ2n) is 9.65. The van der Waals surface area contributed by atoms with E-state index in [0.717, 1.165) is 36.1 Å². The molecule has 0 fully saturated rings. The van der Waals surface area contributed by atoms with Crippen LogP contribution in [0.25, 0.3) is 6.08 Å². The molecule has 4 aromatic rings. The minimum Gasteiger partial charge on any atom is -0.465 e. The maximum atomic E-state index is 13.3. The number of nitriles is 1.